The van der Waals surface area contributed by atoms with Gasteiger partial charge >= 0.3 is 0 Å². The monoisotopic (exact) mass is 137 g/mol. The topological polar surface area (TPSA) is 29.1 Å². The van der Waals surface area contributed by atoms with E-state index in [1.807, 2.05) is 0 Å². The molecule has 1 fully saturated rings. The van der Waals surface area contributed by atoms with Gasteiger partial charge in [0, 0.05) is 6.42 Å². The predicted octanol–water partition coefficient (Wildman–Crippen LogP) is 1.01. The molecular formula is C8H11NO. The highest BCUT2D eigenvalue weighted by atomic mass is 16.1. The molecule has 1 atom stereocenters. The summed E-state index contributed by atoms with van der Waals surface area (Å²) in [5.74, 6) is 0.119. The summed E-state index contributed by atoms with van der Waals surface area (Å²) in [7, 11) is 0. The Hall–Kier alpha value is -1.05. The fourth-order valence-electron chi connectivity index (χ4n) is 1.03. The van der Waals surface area contributed by atoms with E-state index in [1.165, 1.54) is 0 Å². The van der Waals surface area contributed by atoms with E-state index in [-0.39, 0.29) is 11.9 Å². The highest BCUT2D eigenvalue weighted by Crippen LogP contribution is 2.13. The second-order valence-corrected chi connectivity index (χ2v) is 2.44. The van der Waals surface area contributed by atoms with Gasteiger partial charge in [0.1, 0.15) is 0 Å². The summed E-state index contributed by atoms with van der Waals surface area (Å²) in [5, 5.41) is 2.79. The maximum atomic E-state index is 10.7. The Balaban J connectivity index is 2.52. The Morgan fingerprint density at radius 1 is 1.80 bits per heavy atom. The first-order valence-corrected chi connectivity index (χ1v) is 3.34. The van der Waals surface area contributed by atoms with E-state index in [0.717, 1.165) is 12.0 Å². The lowest BCUT2D eigenvalue weighted by molar-refractivity contribution is -0.119. The molecular weight excluding hydrogens is 126 g/mol. The highest BCUT2D eigenvalue weighted by molar-refractivity contribution is 5.79. The van der Waals surface area contributed by atoms with E-state index in [9.17, 15) is 4.79 Å². The number of carbonyl (C=O) groups excluding carboxylic acids is 1. The quantitative estimate of drug-likeness (QED) is 0.565. The molecule has 0 saturated carbocycles. The predicted molar refractivity (Wildman–Crippen MR) is 40.5 cm³/mol. The van der Waals surface area contributed by atoms with Crippen LogP contribution in [0.5, 0.6) is 0 Å². The smallest absolute Gasteiger partial charge is 0.220 e. The zero-order chi connectivity index (χ0) is 7.56. The van der Waals surface area contributed by atoms with Crippen molar-refractivity contribution in [3.63, 3.8) is 0 Å². The lowest BCUT2D eigenvalue weighted by atomic mass is 10.1. The van der Waals surface area contributed by atoms with Gasteiger partial charge in [-0.15, -0.1) is 0 Å². The van der Waals surface area contributed by atoms with E-state index >= 15 is 0 Å². The van der Waals surface area contributed by atoms with Crippen LogP contribution in [-0.2, 0) is 4.79 Å². The molecule has 10 heavy (non-hydrogen) atoms. The van der Waals surface area contributed by atoms with Crippen LogP contribution in [-0.4, -0.2) is 11.9 Å². The van der Waals surface area contributed by atoms with Crippen molar-refractivity contribution in [3.8, 4) is 0 Å². The van der Waals surface area contributed by atoms with Crippen LogP contribution in [0.3, 0.4) is 0 Å². The van der Waals surface area contributed by atoms with Gasteiger partial charge in [0.25, 0.3) is 0 Å². The van der Waals surface area contributed by atoms with E-state index in [2.05, 4.69) is 18.5 Å². The minimum atomic E-state index is 0.119. The van der Waals surface area contributed by atoms with Gasteiger partial charge in [0.15, 0.2) is 0 Å². The molecule has 2 heteroatoms. The zero-order valence-corrected chi connectivity index (χ0v) is 5.89. The fourth-order valence-corrected chi connectivity index (χ4v) is 1.03. The minimum absolute atomic E-state index is 0.119. The molecule has 0 spiro atoms. The molecule has 0 radical (unpaired) electrons. The molecule has 54 valence electrons. The van der Waals surface area contributed by atoms with Crippen LogP contribution in [0.15, 0.2) is 24.8 Å². The summed E-state index contributed by atoms with van der Waals surface area (Å²) in [6.45, 7) is 7.34. The summed E-state index contributed by atoms with van der Waals surface area (Å²) < 4.78 is 0. The third-order valence-electron chi connectivity index (χ3n) is 1.71. The Labute approximate surface area is 60.6 Å². The average Bonchev–Trinajstić information content (AvgIpc) is 2.34. The fraction of sp³-hybridized carbons (Fsp3) is 0.375. The standard InChI is InChI=1S/C8H11NO/c1-3-6(2)7-4-5-8(10)9-7/h3,7H,1-2,4-5H2,(H,9,10). The van der Waals surface area contributed by atoms with Crippen molar-refractivity contribution in [1.82, 2.24) is 5.32 Å². The van der Waals surface area contributed by atoms with Gasteiger partial charge in [-0.05, 0) is 12.0 Å². The van der Waals surface area contributed by atoms with E-state index in [0.29, 0.717) is 6.42 Å². The van der Waals surface area contributed by atoms with Crippen LogP contribution in [0.2, 0.25) is 0 Å². The number of hydrogen-bond acceptors (Lipinski definition) is 1. The highest BCUT2D eigenvalue weighted by Gasteiger charge is 2.20. The van der Waals surface area contributed by atoms with Crippen molar-refractivity contribution in [2.24, 2.45) is 0 Å². The maximum Gasteiger partial charge on any atom is 0.220 e. The molecule has 0 aromatic heterocycles. The van der Waals surface area contributed by atoms with Gasteiger partial charge in [-0.25, -0.2) is 0 Å². The summed E-state index contributed by atoms with van der Waals surface area (Å²) >= 11 is 0. The number of nitrogens with one attached hydrogen (secondary N) is 1. The molecule has 2 nitrogen and oxygen atoms in total. The third kappa shape index (κ3) is 1.26. The molecule has 1 aliphatic heterocycles. The average molecular weight is 137 g/mol. The first kappa shape index (κ1) is 7.06. The molecule has 1 unspecified atom stereocenters. The van der Waals surface area contributed by atoms with E-state index in [4.69, 9.17) is 0 Å². The Bertz CT molecular complexity index is 184. The molecule has 1 saturated heterocycles. The van der Waals surface area contributed by atoms with Gasteiger partial charge in [-0.3, -0.25) is 4.79 Å². The van der Waals surface area contributed by atoms with Crippen molar-refractivity contribution in [1.29, 1.82) is 0 Å². The first-order valence-electron chi connectivity index (χ1n) is 3.34. The molecule has 1 N–H and O–H groups in total. The largest absolute Gasteiger partial charge is 0.349 e. The summed E-state index contributed by atoms with van der Waals surface area (Å²) in [6.07, 6.45) is 3.18. The zero-order valence-electron chi connectivity index (χ0n) is 5.89. The van der Waals surface area contributed by atoms with Crippen molar-refractivity contribution in [2.75, 3.05) is 0 Å². The Morgan fingerprint density at radius 3 is 2.90 bits per heavy atom. The minimum Gasteiger partial charge on any atom is -0.349 e. The second-order valence-electron chi connectivity index (χ2n) is 2.44. The Kier molecular flexibility index (Phi) is 1.90. The van der Waals surface area contributed by atoms with Crippen molar-refractivity contribution >= 4 is 5.91 Å². The van der Waals surface area contributed by atoms with Crippen LogP contribution in [0.25, 0.3) is 0 Å². The molecule has 1 amide bonds. The SMILES string of the molecule is C=CC(=C)C1CCC(=O)N1. The number of hydrogen-bond donors (Lipinski definition) is 1. The number of amides is 1. The summed E-state index contributed by atoms with van der Waals surface area (Å²) in [6, 6.07) is 0.144. The normalized spacial score (nSPS) is 24.0. The van der Waals surface area contributed by atoms with Crippen molar-refractivity contribution < 1.29 is 4.79 Å². The summed E-state index contributed by atoms with van der Waals surface area (Å²) in [4.78, 5) is 10.7. The number of rotatable bonds is 2. The molecule has 0 aromatic rings. The molecule has 1 rings (SSSR count). The van der Waals surface area contributed by atoms with Gasteiger partial charge in [0.05, 0.1) is 6.04 Å². The van der Waals surface area contributed by atoms with E-state index in [1.54, 1.807) is 6.08 Å². The lowest BCUT2D eigenvalue weighted by Gasteiger charge is -2.07. The second kappa shape index (κ2) is 2.69. The molecule has 0 bridgehead atoms. The van der Waals surface area contributed by atoms with Crippen LogP contribution in [0.4, 0.5) is 0 Å². The maximum absolute atomic E-state index is 10.7. The third-order valence-corrected chi connectivity index (χ3v) is 1.71. The number of carbonyl (C=O) groups is 1. The summed E-state index contributed by atoms with van der Waals surface area (Å²) in [5.41, 5.74) is 0.908. The van der Waals surface area contributed by atoms with Gasteiger partial charge < -0.3 is 5.32 Å². The van der Waals surface area contributed by atoms with Gasteiger partial charge in [-0.2, -0.15) is 0 Å². The van der Waals surface area contributed by atoms with Crippen molar-refractivity contribution in [2.45, 2.75) is 18.9 Å². The van der Waals surface area contributed by atoms with Crippen molar-refractivity contribution in [3.05, 3.63) is 24.8 Å². The first-order chi connectivity index (χ1) is 4.74. The molecule has 0 aliphatic carbocycles. The van der Waals surface area contributed by atoms with Crippen LogP contribution in [0.1, 0.15) is 12.8 Å². The van der Waals surface area contributed by atoms with Gasteiger partial charge in [0.2, 0.25) is 5.91 Å². The molecule has 1 heterocycles. The Morgan fingerprint density at radius 2 is 2.50 bits per heavy atom. The lowest BCUT2D eigenvalue weighted by Crippen LogP contribution is -2.25. The van der Waals surface area contributed by atoms with Gasteiger partial charge in [-0.1, -0.05) is 19.2 Å². The van der Waals surface area contributed by atoms with E-state index < -0.39 is 0 Å². The molecule has 1 aliphatic rings. The molecule has 0 aromatic carbocycles. The van der Waals surface area contributed by atoms with Crippen LogP contribution in [0, 0.1) is 0 Å². The van der Waals surface area contributed by atoms with Crippen LogP contribution >= 0.6 is 0 Å². The van der Waals surface area contributed by atoms with Crippen LogP contribution < -0.4 is 5.32 Å².